The van der Waals surface area contributed by atoms with Crippen molar-refractivity contribution in [1.82, 2.24) is 20.3 Å². The van der Waals surface area contributed by atoms with Gasteiger partial charge in [-0.1, -0.05) is 18.5 Å². The van der Waals surface area contributed by atoms with Crippen LogP contribution in [0.25, 0.3) is 0 Å². The molecule has 2 heterocycles. The highest BCUT2D eigenvalue weighted by molar-refractivity contribution is 5.80. The topological polar surface area (TPSA) is 75.4 Å². The Morgan fingerprint density at radius 3 is 2.54 bits per heavy atom. The number of hydrogen-bond acceptors (Lipinski definition) is 6. The number of rotatable bonds is 12. The molecular formula is C20H37N5O3. The van der Waals surface area contributed by atoms with Crippen LogP contribution >= 0.6 is 0 Å². The van der Waals surface area contributed by atoms with Gasteiger partial charge < -0.3 is 24.2 Å². The number of guanidine groups is 1. The number of ether oxygens (including phenoxy) is 2. The summed E-state index contributed by atoms with van der Waals surface area (Å²) in [4.78, 5) is 9.44. The van der Waals surface area contributed by atoms with Gasteiger partial charge in [0, 0.05) is 51.9 Å². The second-order valence-electron chi connectivity index (χ2n) is 7.01. The van der Waals surface area contributed by atoms with Crippen LogP contribution in [0.3, 0.4) is 0 Å². The second kappa shape index (κ2) is 13.5. The third-order valence-corrected chi connectivity index (χ3v) is 4.58. The van der Waals surface area contributed by atoms with Crippen LogP contribution in [0.15, 0.2) is 15.6 Å². The molecule has 8 heteroatoms. The van der Waals surface area contributed by atoms with Crippen LogP contribution in [0, 0.1) is 6.92 Å². The Morgan fingerprint density at radius 2 is 1.89 bits per heavy atom. The van der Waals surface area contributed by atoms with Crippen molar-refractivity contribution in [2.45, 2.75) is 40.2 Å². The standard InChI is InChI=1S/C20H37N5O3/c1-4-6-12-26-14-15-27-13-7-22-20(21-5-2)25-10-8-24(9-11-25)17-19-16-18(3)28-23-19/h16H,4-15,17H2,1-3H3,(H,21,22). The first-order chi connectivity index (χ1) is 13.7. The Labute approximate surface area is 169 Å². The zero-order valence-corrected chi connectivity index (χ0v) is 17.8. The molecule has 1 saturated heterocycles. The van der Waals surface area contributed by atoms with Crippen molar-refractivity contribution in [3.05, 3.63) is 17.5 Å². The molecule has 0 aromatic carbocycles. The van der Waals surface area contributed by atoms with Crippen LogP contribution < -0.4 is 5.32 Å². The van der Waals surface area contributed by atoms with Gasteiger partial charge in [0.15, 0.2) is 5.96 Å². The van der Waals surface area contributed by atoms with Crippen LogP contribution in [0.4, 0.5) is 0 Å². The van der Waals surface area contributed by atoms with E-state index >= 15 is 0 Å². The molecule has 1 N–H and O–H groups in total. The van der Waals surface area contributed by atoms with Crippen molar-refractivity contribution < 1.29 is 14.0 Å². The van der Waals surface area contributed by atoms with Crippen molar-refractivity contribution in [2.75, 3.05) is 65.7 Å². The number of hydrogen-bond donors (Lipinski definition) is 1. The minimum atomic E-state index is 0.623. The highest BCUT2D eigenvalue weighted by Crippen LogP contribution is 2.09. The Bertz CT molecular complexity index is 556. The fourth-order valence-corrected chi connectivity index (χ4v) is 3.05. The lowest BCUT2D eigenvalue weighted by molar-refractivity contribution is 0.0497. The monoisotopic (exact) mass is 395 g/mol. The van der Waals surface area contributed by atoms with Crippen molar-refractivity contribution in [1.29, 1.82) is 0 Å². The number of piperazine rings is 1. The molecule has 160 valence electrons. The Hall–Kier alpha value is -1.64. The highest BCUT2D eigenvalue weighted by Gasteiger charge is 2.20. The second-order valence-corrected chi connectivity index (χ2v) is 7.01. The van der Waals surface area contributed by atoms with Crippen molar-refractivity contribution in [3.63, 3.8) is 0 Å². The first-order valence-electron chi connectivity index (χ1n) is 10.6. The molecule has 2 rings (SSSR count). The van der Waals surface area contributed by atoms with Crippen LogP contribution in [0.2, 0.25) is 0 Å². The Kier molecular flexibility index (Phi) is 10.9. The van der Waals surface area contributed by atoms with Gasteiger partial charge in [0.25, 0.3) is 0 Å². The summed E-state index contributed by atoms with van der Waals surface area (Å²) in [6, 6.07) is 2.01. The van der Waals surface area contributed by atoms with Crippen LogP contribution in [0.5, 0.6) is 0 Å². The summed E-state index contributed by atoms with van der Waals surface area (Å²) in [5.41, 5.74) is 1.00. The predicted molar refractivity (Wildman–Crippen MR) is 111 cm³/mol. The molecule has 1 aromatic rings. The summed E-state index contributed by atoms with van der Waals surface area (Å²) < 4.78 is 16.3. The zero-order valence-electron chi connectivity index (χ0n) is 17.8. The molecule has 0 aliphatic carbocycles. The van der Waals surface area contributed by atoms with E-state index in [1.54, 1.807) is 0 Å². The first kappa shape index (κ1) is 22.6. The molecule has 1 aromatic heterocycles. The van der Waals surface area contributed by atoms with E-state index in [4.69, 9.17) is 19.0 Å². The number of aromatic nitrogens is 1. The SMILES string of the molecule is CCCCOCCOCCN=C(NCC)N1CCN(Cc2cc(C)on2)CC1. The summed E-state index contributed by atoms with van der Waals surface area (Å²) in [7, 11) is 0. The van der Waals surface area contributed by atoms with Gasteiger partial charge in [-0.05, 0) is 20.3 Å². The largest absolute Gasteiger partial charge is 0.379 e. The molecule has 1 fully saturated rings. The summed E-state index contributed by atoms with van der Waals surface area (Å²) in [6.45, 7) is 15.2. The molecule has 0 radical (unpaired) electrons. The van der Waals surface area contributed by atoms with Crippen molar-refractivity contribution >= 4 is 5.96 Å². The van der Waals surface area contributed by atoms with Gasteiger partial charge in [0.05, 0.1) is 32.1 Å². The third kappa shape index (κ3) is 8.58. The average molecular weight is 396 g/mol. The molecule has 1 aliphatic heterocycles. The van der Waals surface area contributed by atoms with E-state index in [9.17, 15) is 0 Å². The minimum Gasteiger partial charge on any atom is -0.379 e. The van der Waals surface area contributed by atoms with Gasteiger partial charge >= 0.3 is 0 Å². The predicted octanol–water partition coefficient (Wildman–Crippen LogP) is 1.90. The van der Waals surface area contributed by atoms with Gasteiger partial charge in [-0.2, -0.15) is 0 Å². The van der Waals surface area contributed by atoms with Crippen molar-refractivity contribution in [2.24, 2.45) is 4.99 Å². The summed E-state index contributed by atoms with van der Waals surface area (Å²) in [5.74, 6) is 1.84. The minimum absolute atomic E-state index is 0.623. The molecule has 0 atom stereocenters. The number of aliphatic imine (C=N–C) groups is 1. The molecule has 0 amide bonds. The van der Waals surface area contributed by atoms with E-state index in [0.29, 0.717) is 26.4 Å². The molecule has 0 spiro atoms. The maximum atomic E-state index is 5.61. The summed E-state index contributed by atoms with van der Waals surface area (Å²) >= 11 is 0. The van der Waals surface area contributed by atoms with Crippen molar-refractivity contribution in [3.8, 4) is 0 Å². The maximum absolute atomic E-state index is 5.61. The van der Waals surface area contributed by atoms with Gasteiger partial charge in [0.2, 0.25) is 0 Å². The summed E-state index contributed by atoms with van der Waals surface area (Å²) in [6.07, 6.45) is 2.28. The van der Waals surface area contributed by atoms with E-state index < -0.39 is 0 Å². The molecule has 0 bridgehead atoms. The van der Waals surface area contributed by atoms with E-state index in [0.717, 1.165) is 76.1 Å². The molecule has 8 nitrogen and oxygen atoms in total. The molecule has 1 aliphatic rings. The van der Waals surface area contributed by atoms with E-state index in [-0.39, 0.29) is 0 Å². The highest BCUT2D eigenvalue weighted by atomic mass is 16.5. The van der Waals surface area contributed by atoms with Crippen LogP contribution in [0.1, 0.15) is 38.1 Å². The average Bonchev–Trinajstić information content (AvgIpc) is 3.11. The summed E-state index contributed by atoms with van der Waals surface area (Å²) in [5, 5.41) is 7.49. The lowest BCUT2D eigenvalue weighted by Gasteiger charge is -2.36. The van der Waals surface area contributed by atoms with Gasteiger partial charge in [-0.3, -0.25) is 9.89 Å². The quantitative estimate of drug-likeness (QED) is 0.329. The number of nitrogens with zero attached hydrogens (tertiary/aromatic N) is 4. The molecule has 0 unspecified atom stereocenters. The smallest absolute Gasteiger partial charge is 0.194 e. The van der Waals surface area contributed by atoms with Gasteiger partial charge in [-0.25, -0.2) is 0 Å². The Morgan fingerprint density at radius 1 is 1.14 bits per heavy atom. The van der Waals surface area contributed by atoms with Crippen LogP contribution in [-0.2, 0) is 16.0 Å². The lowest BCUT2D eigenvalue weighted by Crippen LogP contribution is -2.52. The molecule has 0 saturated carbocycles. The Balaban J connectivity index is 1.65. The maximum Gasteiger partial charge on any atom is 0.194 e. The van der Waals surface area contributed by atoms with Crippen LogP contribution in [-0.4, -0.2) is 86.6 Å². The zero-order chi connectivity index (χ0) is 20.0. The van der Waals surface area contributed by atoms with Gasteiger partial charge in [-0.15, -0.1) is 0 Å². The normalized spacial score (nSPS) is 16.0. The molecular weight excluding hydrogens is 358 g/mol. The fraction of sp³-hybridized carbons (Fsp3) is 0.800. The number of unbranched alkanes of at least 4 members (excludes halogenated alkanes) is 1. The molecule has 28 heavy (non-hydrogen) atoms. The van der Waals surface area contributed by atoms with Gasteiger partial charge in [0.1, 0.15) is 5.76 Å². The number of aryl methyl sites for hydroxylation is 1. The lowest BCUT2D eigenvalue weighted by atomic mass is 10.3. The van der Waals surface area contributed by atoms with E-state index in [1.807, 2.05) is 13.0 Å². The first-order valence-corrected chi connectivity index (χ1v) is 10.6. The van der Waals surface area contributed by atoms with E-state index in [1.165, 1.54) is 0 Å². The van der Waals surface area contributed by atoms with E-state index in [2.05, 4.69) is 34.1 Å². The fourth-order valence-electron chi connectivity index (χ4n) is 3.05. The third-order valence-electron chi connectivity index (χ3n) is 4.58. The number of nitrogens with one attached hydrogen (secondary N) is 1.